The van der Waals surface area contributed by atoms with Gasteiger partial charge >= 0.3 is 5.97 Å². The summed E-state index contributed by atoms with van der Waals surface area (Å²) in [7, 11) is 0. The number of amides is 1. The van der Waals surface area contributed by atoms with Crippen LogP contribution in [0, 0.1) is 6.92 Å². The van der Waals surface area contributed by atoms with Crippen molar-refractivity contribution in [2.75, 3.05) is 6.54 Å². The lowest BCUT2D eigenvalue weighted by atomic mass is 10.0. The summed E-state index contributed by atoms with van der Waals surface area (Å²) in [5.41, 5.74) is 3.50. The fraction of sp³-hybridized carbons (Fsp3) is 0.227. The highest BCUT2D eigenvalue weighted by Crippen LogP contribution is 2.27. The summed E-state index contributed by atoms with van der Waals surface area (Å²) < 4.78 is 7.05. The van der Waals surface area contributed by atoms with Gasteiger partial charge in [0.2, 0.25) is 0 Å². The molecule has 0 aliphatic carbocycles. The highest BCUT2D eigenvalue weighted by Gasteiger charge is 2.24. The van der Waals surface area contributed by atoms with E-state index < -0.39 is 12.1 Å². The second kappa shape index (κ2) is 8.52. The van der Waals surface area contributed by atoms with Crippen molar-refractivity contribution in [2.24, 2.45) is 0 Å². The smallest absolute Gasteiger partial charge is 0.342 e. The average molecular weight is 377 g/mol. The molecule has 28 heavy (non-hydrogen) atoms. The van der Waals surface area contributed by atoms with Gasteiger partial charge in [0.1, 0.15) is 11.3 Å². The van der Waals surface area contributed by atoms with E-state index in [0.29, 0.717) is 17.8 Å². The molecule has 0 radical (unpaired) electrons. The van der Waals surface area contributed by atoms with Gasteiger partial charge in [-0.3, -0.25) is 4.79 Å². The maximum atomic E-state index is 12.9. The lowest BCUT2D eigenvalue weighted by Gasteiger charge is -2.12. The van der Waals surface area contributed by atoms with E-state index in [9.17, 15) is 9.59 Å². The number of likely N-dealkylation sites (N-methyl/N-ethyl adjacent to an activating group) is 1. The van der Waals surface area contributed by atoms with Gasteiger partial charge in [0, 0.05) is 18.3 Å². The Morgan fingerprint density at radius 3 is 2.46 bits per heavy atom. The van der Waals surface area contributed by atoms with E-state index in [1.54, 1.807) is 17.8 Å². The molecule has 0 aliphatic rings. The van der Waals surface area contributed by atoms with Crippen molar-refractivity contribution in [1.29, 1.82) is 0 Å². The van der Waals surface area contributed by atoms with Crippen molar-refractivity contribution < 1.29 is 14.3 Å². The van der Waals surface area contributed by atoms with Crippen LogP contribution in [0.4, 0.5) is 0 Å². The van der Waals surface area contributed by atoms with Gasteiger partial charge in [-0.05, 0) is 38.5 Å². The minimum atomic E-state index is -0.891. The van der Waals surface area contributed by atoms with E-state index >= 15 is 0 Å². The minimum Gasteiger partial charge on any atom is -0.449 e. The number of esters is 1. The van der Waals surface area contributed by atoms with E-state index in [1.165, 1.54) is 0 Å². The Kier molecular flexibility index (Phi) is 5.89. The predicted octanol–water partition coefficient (Wildman–Crippen LogP) is 3.53. The van der Waals surface area contributed by atoms with Gasteiger partial charge in [-0.25, -0.2) is 9.48 Å². The first-order valence-electron chi connectivity index (χ1n) is 9.21. The Morgan fingerprint density at radius 2 is 1.79 bits per heavy atom. The van der Waals surface area contributed by atoms with E-state index in [2.05, 4.69) is 10.4 Å². The summed E-state index contributed by atoms with van der Waals surface area (Å²) in [4.78, 5) is 24.8. The molecule has 0 aliphatic heterocycles. The van der Waals surface area contributed by atoms with Gasteiger partial charge in [-0.2, -0.15) is 5.10 Å². The van der Waals surface area contributed by atoms with Gasteiger partial charge in [-0.15, -0.1) is 0 Å². The van der Waals surface area contributed by atoms with E-state index in [1.807, 2.05) is 68.4 Å². The highest BCUT2D eigenvalue weighted by atomic mass is 16.5. The van der Waals surface area contributed by atoms with Crippen LogP contribution >= 0.6 is 0 Å². The van der Waals surface area contributed by atoms with E-state index in [4.69, 9.17) is 4.74 Å². The number of nitrogens with zero attached hydrogens (tertiary/aromatic N) is 2. The third kappa shape index (κ3) is 4.11. The molecule has 0 bridgehead atoms. The molecule has 1 aromatic heterocycles. The summed E-state index contributed by atoms with van der Waals surface area (Å²) in [6.07, 6.45) is 0.751. The summed E-state index contributed by atoms with van der Waals surface area (Å²) in [5, 5.41) is 7.29. The molecule has 0 saturated heterocycles. The Labute approximate surface area is 164 Å². The number of aryl methyl sites for hydroxylation is 1. The van der Waals surface area contributed by atoms with Crippen molar-refractivity contribution in [1.82, 2.24) is 15.1 Å². The first-order valence-corrected chi connectivity index (χ1v) is 9.21. The Bertz CT molecular complexity index is 980. The van der Waals surface area contributed by atoms with Gasteiger partial charge in [0.15, 0.2) is 6.10 Å². The summed E-state index contributed by atoms with van der Waals surface area (Å²) in [5.74, 6) is -0.914. The SMILES string of the molecule is CCNC(=O)[C@@H](C)OC(=O)c1cn(-c2ccccc2)nc1-c1ccccc1C. The topological polar surface area (TPSA) is 73.2 Å². The van der Waals surface area contributed by atoms with E-state index in [-0.39, 0.29) is 5.91 Å². The zero-order valence-corrected chi connectivity index (χ0v) is 16.2. The molecular formula is C22H23N3O3. The molecule has 2 aromatic carbocycles. The normalized spacial score (nSPS) is 11.7. The molecule has 3 aromatic rings. The molecule has 0 unspecified atom stereocenters. The van der Waals surface area contributed by atoms with Gasteiger partial charge < -0.3 is 10.1 Å². The molecule has 6 heteroatoms. The molecule has 1 N–H and O–H groups in total. The molecule has 0 spiro atoms. The Morgan fingerprint density at radius 1 is 1.11 bits per heavy atom. The lowest BCUT2D eigenvalue weighted by molar-refractivity contribution is -0.128. The first kappa shape index (κ1) is 19.4. The second-order valence-electron chi connectivity index (χ2n) is 6.43. The zero-order valence-electron chi connectivity index (χ0n) is 16.2. The van der Waals surface area contributed by atoms with Crippen molar-refractivity contribution in [3.8, 4) is 16.9 Å². The molecule has 1 atom stereocenters. The van der Waals surface area contributed by atoms with Crippen molar-refractivity contribution in [3.05, 3.63) is 71.9 Å². The molecule has 6 nitrogen and oxygen atoms in total. The molecule has 0 fully saturated rings. The number of hydrogen-bond acceptors (Lipinski definition) is 4. The van der Waals surface area contributed by atoms with Crippen molar-refractivity contribution >= 4 is 11.9 Å². The largest absolute Gasteiger partial charge is 0.449 e. The van der Waals surface area contributed by atoms with E-state index in [0.717, 1.165) is 16.8 Å². The fourth-order valence-corrected chi connectivity index (χ4v) is 2.87. The maximum Gasteiger partial charge on any atom is 0.342 e. The molecule has 144 valence electrons. The number of aromatic nitrogens is 2. The minimum absolute atomic E-state index is 0.314. The molecular weight excluding hydrogens is 354 g/mol. The average Bonchev–Trinajstić information content (AvgIpc) is 3.14. The van der Waals surface area contributed by atoms with Crippen LogP contribution in [0.5, 0.6) is 0 Å². The number of rotatable bonds is 6. The van der Waals surface area contributed by atoms with Crippen LogP contribution in [0.3, 0.4) is 0 Å². The number of hydrogen-bond donors (Lipinski definition) is 1. The maximum absolute atomic E-state index is 12.9. The van der Waals surface area contributed by atoms with Crippen LogP contribution < -0.4 is 5.32 Å². The number of nitrogens with one attached hydrogen (secondary N) is 1. The number of benzene rings is 2. The molecule has 1 amide bonds. The standard InChI is InChI=1S/C22H23N3O3/c1-4-23-21(26)16(3)28-22(27)19-14-25(17-11-6-5-7-12-17)24-20(19)18-13-9-8-10-15(18)2/h5-14,16H,4H2,1-3H3,(H,23,26)/t16-/m1/s1. The predicted molar refractivity (Wildman–Crippen MR) is 107 cm³/mol. The van der Waals surface area contributed by atoms with Crippen molar-refractivity contribution in [2.45, 2.75) is 26.9 Å². The van der Waals surface area contributed by atoms with Crippen LogP contribution in [-0.4, -0.2) is 34.3 Å². The van der Waals surface area contributed by atoms with Crippen LogP contribution in [0.2, 0.25) is 0 Å². The molecule has 3 rings (SSSR count). The zero-order chi connectivity index (χ0) is 20.1. The first-order chi connectivity index (χ1) is 13.5. The van der Waals surface area contributed by atoms with Crippen LogP contribution in [-0.2, 0) is 9.53 Å². The van der Waals surface area contributed by atoms with Crippen LogP contribution in [0.25, 0.3) is 16.9 Å². The number of ether oxygens (including phenoxy) is 1. The summed E-state index contributed by atoms with van der Waals surface area (Å²) in [6, 6.07) is 17.2. The van der Waals surface area contributed by atoms with Crippen molar-refractivity contribution in [3.63, 3.8) is 0 Å². The van der Waals surface area contributed by atoms with Gasteiger partial charge in [0.05, 0.1) is 5.69 Å². The molecule has 1 heterocycles. The fourth-order valence-electron chi connectivity index (χ4n) is 2.87. The summed E-state index contributed by atoms with van der Waals surface area (Å²) in [6.45, 7) is 5.80. The Hall–Kier alpha value is -3.41. The summed E-state index contributed by atoms with van der Waals surface area (Å²) >= 11 is 0. The quantitative estimate of drug-likeness (QED) is 0.667. The van der Waals surface area contributed by atoms with Crippen LogP contribution in [0.15, 0.2) is 60.8 Å². The number of carbonyl (C=O) groups excluding carboxylic acids is 2. The highest BCUT2D eigenvalue weighted by molar-refractivity contribution is 5.98. The lowest BCUT2D eigenvalue weighted by Crippen LogP contribution is -2.35. The third-order valence-electron chi connectivity index (χ3n) is 4.36. The third-order valence-corrected chi connectivity index (χ3v) is 4.36. The number of carbonyl (C=O) groups is 2. The number of para-hydroxylation sites is 1. The van der Waals surface area contributed by atoms with Gasteiger partial charge in [0.25, 0.3) is 5.91 Å². The van der Waals surface area contributed by atoms with Gasteiger partial charge in [-0.1, -0.05) is 42.5 Å². The second-order valence-corrected chi connectivity index (χ2v) is 6.43. The van der Waals surface area contributed by atoms with Crippen LogP contribution in [0.1, 0.15) is 29.8 Å². The monoisotopic (exact) mass is 377 g/mol. The Balaban J connectivity index is 2.01. The molecule has 0 saturated carbocycles.